The third-order valence-corrected chi connectivity index (χ3v) is 11.4. The number of nitrogens with zero attached hydrogens (tertiary/aromatic N) is 1. The van der Waals surface area contributed by atoms with Crippen molar-refractivity contribution in [3.05, 3.63) is 54.6 Å². The highest BCUT2D eigenvalue weighted by molar-refractivity contribution is 5.96. The molecule has 0 heterocycles. The number of hydrogen-bond acceptors (Lipinski definition) is 2. The summed E-state index contributed by atoms with van der Waals surface area (Å²) in [6.45, 7) is 0. The maximum atomic E-state index is 13.8. The smallest absolute Gasteiger partial charge is 0.230 e. The molecule has 8 saturated carbocycles. The van der Waals surface area contributed by atoms with Gasteiger partial charge in [-0.2, -0.15) is 0 Å². The van der Waals surface area contributed by atoms with Gasteiger partial charge in [0, 0.05) is 22.6 Å². The first-order valence-corrected chi connectivity index (χ1v) is 14.8. The standard InChI is InChI=1S/C33H40N2O/c36-31(32-16-22-9-23(17-32)11-24(10-22)18-32)34-28-5-4-8-30(15-28)35(29-6-2-1-3-7-29)33-19-25-12-26(20-33)14-27(13-25)21-33/h1-8,15,22-27H,9-14,16-21H2,(H,34,36). The molecule has 188 valence electrons. The Balaban J connectivity index is 1.12. The van der Waals surface area contributed by atoms with Crippen molar-refractivity contribution < 1.29 is 4.79 Å². The van der Waals surface area contributed by atoms with Gasteiger partial charge in [-0.15, -0.1) is 0 Å². The van der Waals surface area contributed by atoms with E-state index < -0.39 is 0 Å². The van der Waals surface area contributed by atoms with Gasteiger partial charge in [-0.3, -0.25) is 4.79 Å². The van der Waals surface area contributed by atoms with E-state index in [2.05, 4.69) is 64.8 Å². The number of benzene rings is 2. The van der Waals surface area contributed by atoms with Gasteiger partial charge in [0.2, 0.25) is 5.91 Å². The second kappa shape index (κ2) is 7.85. The third kappa shape index (κ3) is 3.41. The van der Waals surface area contributed by atoms with E-state index in [0.717, 1.165) is 60.5 Å². The Bertz CT molecular complexity index is 1100. The van der Waals surface area contributed by atoms with Crippen molar-refractivity contribution in [1.29, 1.82) is 0 Å². The minimum Gasteiger partial charge on any atom is -0.335 e. The molecular formula is C33H40N2O. The highest BCUT2D eigenvalue weighted by atomic mass is 16.2. The zero-order valence-electron chi connectivity index (χ0n) is 21.5. The van der Waals surface area contributed by atoms with Crippen LogP contribution in [-0.4, -0.2) is 11.4 Å². The molecule has 8 bridgehead atoms. The van der Waals surface area contributed by atoms with Gasteiger partial charge in [0.15, 0.2) is 0 Å². The molecule has 0 saturated heterocycles. The zero-order valence-corrected chi connectivity index (χ0v) is 21.5. The Kier molecular flexibility index (Phi) is 4.75. The van der Waals surface area contributed by atoms with Crippen molar-refractivity contribution >= 4 is 23.0 Å². The predicted octanol–water partition coefficient (Wildman–Crippen LogP) is 7.95. The van der Waals surface area contributed by atoms with Gasteiger partial charge in [0.1, 0.15) is 0 Å². The van der Waals surface area contributed by atoms with E-state index in [1.807, 2.05) is 0 Å². The fraction of sp³-hybridized carbons (Fsp3) is 0.606. The summed E-state index contributed by atoms with van der Waals surface area (Å²) in [7, 11) is 0. The monoisotopic (exact) mass is 480 g/mol. The van der Waals surface area contributed by atoms with E-state index in [4.69, 9.17) is 0 Å². The lowest BCUT2D eigenvalue weighted by atomic mass is 9.49. The molecule has 0 aromatic heterocycles. The molecule has 0 aliphatic heterocycles. The molecule has 1 N–H and O–H groups in total. The van der Waals surface area contributed by atoms with Gasteiger partial charge < -0.3 is 10.2 Å². The lowest BCUT2D eigenvalue weighted by Gasteiger charge is -2.61. The molecule has 0 spiro atoms. The summed E-state index contributed by atoms with van der Waals surface area (Å²) in [5.41, 5.74) is 3.66. The van der Waals surface area contributed by atoms with Crippen LogP contribution in [0.3, 0.4) is 0 Å². The van der Waals surface area contributed by atoms with Crippen molar-refractivity contribution in [3.63, 3.8) is 0 Å². The summed E-state index contributed by atoms with van der Waals surface area (Å²) in [6, 6.07) is 19.9. The Morgan fingerprint density at radius 3 is 1.69 bits per heavy atom. The van der Waals surface area contributed by atoms with E-state index in [-0.39, 0.29) is 11.0 Å². The lowest BCUT2D eigenvalue weighted by molar-refractivity contribution is -0.140. The number of amides is 1. The van der Waals surface area contributed by atoms with Gasteiger partial charge in [-0.05, 0) is 143 Å². The summed E-state index contributed by atoms with van der Waals surface area (Å²) in [4.78, 5) is 16.5. The molecule has 2 aromatic carbocycles. The van der Waals surface area contributed by atoms with Crippen molar-refractivity contribution in [2.75, 3.05) is 10.2 Å². The zero-order chi connectivity index (χ0) is 23.9. The number of carbonyl (C=O) groups is 1. The molecule has 10 rings (SSSR count). The Morgan fingerprint density at radius 1 is 0.639 bits per heavy atom. The van der Waals surface area contributed by atoms with Crippen LogP contribution in [0.15, 0.2) is 54.6 Å². The highest BCUT2D eigenvalue weighted by Crippen LogP contribution is 2.61. The molecule has 2 aromatic rings. The average Bonchev–Trinajstić information content (AvgIpc) is 2.83. The van der Waals surface area contributed by atoms with Crippen LogP contribution in [-0.2, 0) is 4.79 Å². The minimum atomic E-state index is -0.107. The molecular weight excluding hydrogens is 440 g/mol. The summed E-state index contributed by atoms with van der Waals surface area (Å²) in [5, 5.41) is 3.45. The summed E-state index contributed by atoms with van der Waals surface area (Å²) < 4.78 is 0. The van der Waals surface area contributed by atoms with Crippen molar-refractivity contribution in [2.45, 2.75) is 82.6 Å². The highest BCUT2D eigenvalue weighted by Gasteiger charge is 2.55. The molecule has 0 unspecified atom stereocenters. The van der Waals surface area contributed by atoms with Crippen LogP contribution in [0, 0.1) is 40.9 Å². The van der Waals surface area contributed by atoms with E-state index in [0.29, 0.717) is 5.91 Å². The molecule has 1 amide bonds. The summed E-state index contributed by atoms with van der Waals surface area (Å²) in [5.74, 6) is 5.35. The third-order valence-electron chi connectivity index (χ3n) is 11.4. The topological polar surface area (TPSA) is 32.3 Å². The molecule has 3 nitrogen and oxygen atoms in total. The largest absolute Gasteiger partial charge is 0.335 e. The number of carbonyl (C=O) groups excluding carboxylic acids is 1. The van der Waals surface area contributed by atoms with Crippen LogP contribution < -0.4 is 10.2 Å². The first-order valence-electron chi connectivity index (χ1n) is 14.8. The van der Waals surface area contributed by atoms with Gasteiger partial charge in [0.05, 0.1) is 5.41 Å². The van der Waals surface area contributed by atoms with Crippen molar-refractivity contribution in [1.82, 2.24) is 0 Å². The van der Waals surface area contributed by atoms with Crippen molar-refractivity contribution in [2.24, 2.45) is 40.9 Å². The molecule has 8 aliphatic carbocycles. The quantitative estimate of drug-likeness (QED) is 0.471. The second-order valence-electron chi connectivity index (χ2n) is 14.0. The predicted molar refractivity (Wildman–Crippen MR) is 145 cm³/mol. The van der Waals surface area contributed by atoms with Crippen LogP contribution in [0.25, 0.3) is 0 Å². The van der Waals surface area contributed by atoms with Gasteiger partial charge in [-0.25, -0.2) is 0 Å². The van der Waals surface area contributed by atoms with Gasteiger partial charge in [0.25, 0.3) is 0 Å². The maximum Gasteiger partial charge on any atom is 0.230 e. The Morgan fingerprint density at radius 2 is 1.14 bits per heavy atom. The van der Waals surface area contributed by atoms with E-state index in [1.165, 1.54) is 69.2 Å². The number of nitrogens with one attached hydrogen (secondary N) is 1. The van der Waals surface area contributed by atoms with Crippen LogP contribution >= 0.6 is 0 Å². The molecule has 36 heavy (non-hydrogen) atoms. The van der Waals surface area contributed by atoms with Gasteiger partial charge >= 0.3 is 0 Å². The number of anilines is 3. The number of hydrogen-bond donors (Lipinski definition) is 1. The van der Waals surface area contributed by atoms with Gasteiger partial charge in [-0.1, -0.05) is 24.3 Å². The SMILES string of the molecule is O=C(Nc1cccc(N(c2ccccc2)C23CC4CC(CC(C4)C2)C3)c1)C12CC3CC(CC(C3)C1)C2. The fourth-order valence-corrected chi connectivity index (χ4v) is 11.0. The first-order chi connectivity index (χ1) is 17.6. The Labute approximate surface area is 216 Å². The number of para-hydroxylation sites is 1. The molecule has 8 fully saturated rings. The van der Waals surface area contributed by atoms with E-state index in [9.17, 15) is 4.79 Å². The number of rotatable bonds is 5. The molecule has 0 radical (unpaired) electrons. The minimum absolute atomic E-state index is 0.107. The van der Waals surface area contributed by atoms with Crippen LogP contribution in [0.4, 0.5) is 17.1 Å². The average molecular weight is 481 g/mol. The fourth-order valence-electron chi connectivity index (χ4n) is 11.0. The van der Waals surface area contributed by atoms with E-state index in [1.54, 1.807) is 0 Å². The molecule has 8 aliphatic rings. The van der Waals surface area contributed by atoms with Crippen molar-refractivity contribution in [3.8, 4) is 0 Å². The Hall–Kier alpha value is -2.29. The maximum absolute atomic E-state index is 13.8. The second-order valence-corrected chi connectivity index (χ2v) is 14.0. The van der Waals surface area contributed by atoms with Crippen LogP contribution in [0.5, 0.6) is 0 Å². The summed E-state index contributed by atoms with van der Waals surface area (Å²) in [6.07, 6.45) is 15.8. The van der Waals surface area contributed by atoms with Crippen LogP contribution in [0.2, 0.25) is 0 Å². The molecule has 3 heteroatoms. The lowest BCUT2D eigenvalue weighted by Crippen LogP contribution is -2.58. The van der Waals surface area contributed by atoms with E-state index >= 15 is 0 Å². The van der Waals surface area contributed by atoms with Crippen LogP contribution in [0.1, 0.15) is 77.0 Å². The summed E-state index contributed by atoms with van der Waals surface area (Å²) >= 11 is 0. The molecule has 0 atom stereocenters. The first kappa shape index (κ1) is 21.8. The normalized spacial score (nSPS) is 41.4.